The average molecular weight is 412 g/mol. The van der Waals surface area contributed by atoms with Crippen molar-refractivity contribution in [1.29, 1.82) is 0 Å². The highest BCUT2D eigenvalue weighted by Gasteiger charge is 2.16. The number of hydrogen-bond donors (Lipinski definition) is 0. The van der Waals surface area contributed by atoms with Gasteiger partial charge in [0.05, 0.1) is 5.69 Å². The van der Waals surface area contributed by atoms with Crippen LogP contribution in [0.15, 0.2) is 79.0 Å². The summed E-state index contributed by atoms with van der Waals surface area (Å²) in [6.45, 7) is 6.63. The van der Waals surface area contributed by atoms with Crippen molar-refractivity contribution in [3.63, 3.8) is 0 Å². The summed E-state index contributed by atoms with van der Waals surface area (Å²) < 4.78 is 17.0. The van der Waals surface area contributed by atoms with Crippen LogP contribution in [-0.2, 0) is 5.41 Å². The van der Waals surface area contributed by atoms with E-state index in [4.69, 9.17) is 0 Å². The maximum absolute atomic E-state index is 14.6. The van der Waals surface area contributed by atoms with Gasteiger partial charge >= 0.3 is 0 Å². The first-order valence-corrected chi connectivity index (χ1v) is 10.9. The summed E-state index contributed by atoms with van der Waals surface area (Å²) in [5.41, 5.74) is 4.94. The third kappa shape index (κ3) is 3.20. The fourth-order valence-electron chi connectivity index (χ4n) is 3.95. The lowest BCUT2D eigenvalue weighted by molar-refractivity contribution is 0.589. The average Bonchev–Trinajstić information content (AvgIpc) is 3.12. The smallest absolute Gasteiger partial charge is 0.131 e. The van der Waals surface area contributed by atoms with Gasteiger partial charge in [-0.1, -0.05) is 57.2 Å². The molecule has 0 aliphatic rings. The van der Waals surface area contributed by atoms with Crippen LogP contribution in [0.4, 0.5) is 4.39 Å². The van der Waals surface area contributed by atoms with Crippen molar-refractivity contribution in [1.82, 2.24) is 4.98 Å². The van der Waals surface area contributed by atoms with Gasteiger partial charge < -0.3 is 0 Å². The fraction of sp³-hybridized carbons (Fsp3) is 0.148. The molecular weight excluding hydrogens is 389 g/mol. The van der Waals surface area contributed by atoms with E-state index >= 15 is 0 Å². The van der Waals surface area contributed by atoms with Crippen LogP contribution in [-0.4, -0.2) is 4.98 Å². The molecule has 3 aromatic carbocycles. The second-order valence-corrected chi connectivity index (χ2v) is 9.74. The molecule has 30 heavy (non-hydrogen) atoms. The second-order valence-electron chi connectivity index (χ2n) is 8.65. The minimum absolute atomic E-state index is 0.0644. The molecule has 2 heterocycles. The molecule has 0 fully saturated rings. The molecule has 0 spiro atoms. The number of nitrogens with zero attached hydrogens (tertiary/aromatic N) is 1. The molecule has 0 saturated heterocycles. The first kappa shape index (κ1) is 19.0. The molecule has 5 rings (SSSR count). The molecule has 1 nitrogen and oxygen atoms in total. The number of rotatable bonds is 2. The molecule has 0 aliphatic carbocycles. The third-order valence-electron chi connectivity index (χ3n) is 5.58. The van der Waals surface area contributed by atoms with Gasteiger partial charge in [0, 0.05) is 37.5 Å². The number of pyridine rings is 1. The van der Waals surface area contributed by atoms with E-state index in [0.717, 1.165) is 27.6 Å². The molecule has 0 saturated carbocycles. The fourth-order valence-corrected chi connectivity index (χ4v) is 5.06. The van der Waals surface area contributed by atoms with E-state index in [2.05, 4.69) is 62.2 Å². The summed E-state index contributed by atoms with van der Waals surface area (Å²) in [5.74, 6) is -0.194. The van der Waals surface area contributed by atoms with Crippen LogP contribution < -0.4 is 0 Å². The molecule has 0 aliphatic heterocycles. The Bertz CT molecular complexity index is 1390. The molecule has 5 aromatic rings. The van der Waals surface area contributed by atoms with Crippen molar-refractivity contribution in [3.05, 3.63) is 90.4 Å². The second kappa shape index (κ2) is 7.03. The van der Waals surface area contributed by atoms with Crippen molar-refractivity contribution in [2.75, 3.05) is 0 Å². The highest BCUT2D eigenvalue weighted by Crippen LogP contribution is 2.42. The molecular formula is C27H22FNS. The molecule has 0 bridgehead atoms. The van der Waals surface area contributed by atoms with E-state index in [0.29, 0.717) is 5.56 Å². The topological polar surface area (TPSA) is 12.9 Å². The largest absolute Gasteiger partial charge is 0.256 e. The number of halogens is 1. The van der Waals surface area contributed by atoms with Crippen LogP contribution in [0.25, 0.3) is 42.6 Å². The zero-order chi connectivity index (χ0) is 20.9. The molecule has 148 valence electrons. The van der Waals surface area contributed by atoms with Gasteiger partial charge in [0.1, 0.15) is 5.82 Å². The Morgan fingerprint density at radius 2 is 1.60 bits per heavy atom. The van der Waals surface area contributed by atoms with E-state index in [1.54, 1.807) is 17.4 Å². The number of fused-ring (bicyclic) bond motifs is 3. The summed E-state index contributed by atoms with van der Waals surface area (Å²) in [5, 5.41) is 2.26. The molecule has 2 aromatic heterocycles. The van der Waals surface area contributed by atoms with Gasteiger partial charge in [0.15, 0.2) is 0 Å². The Kier molecular flexibility index (Phi) is 4.44. The van der Waals surface area contributed by atoms with E-state index in [1.807, 2.05) is 30.5 Å². The Labute approximate surface area is 179 Å². The molecule has 0 atom stereocenters. The lowest BCUT2D eigenvalue weighted by atomic mass is 9.87. The number of aromatic nitrogens is 1. The quantitative estimate of drug-likeness (QED) is 0.285. The Morgan fingerprint density at radius 1 is 0.800 bits per heavy atom. The third-order valence-corrected chi connectivity index (χ3v) is 6.72. The van der Waals surface area contributed by atoms with Gasteiger partial charge in [-0.05, 0) is 52.9 Å². The van der Waals surface area contributed by atoms with Gasteiger partial charge in [0.25, 0.3) is 0 Å². The molecule has 0 radical (unpaired) electrons. The minimum Gasteiger partial charge on any atom is -0.256 e. The summed E-state index contributed by atoms with van der Waals surface area (Å²) in [6, 6.07) is 23.9. The Balaban J connectivity index is 1.76. The lowest BCUT2D eigenvalue weighted by Crippen LogP contribution is -2.11. The molecule has 0 amide bonds. The van der Waals surface area contributed by atoms with Crippen molar-refractivity contribution in [3.8, 4) is 22.4 Å². The van der Waals surface area contributed by atoms with Crippen molar-refractivity contribution in [2.24, 2.45) is 0 Å². The van der Waals surface area contributed by atoms with Crippen LogP contribution >= 0.6 is 11.3 Å². The van der Waals surface area contributed by atoms with Crippen LogP contribution in [0.1, 0.15) is 26.3 Å². The molecule has 0 unspecified atom stereocenters. The van der Waals surface area contributed by atoms with Gasteiger partial charge in [-0.2, -0.15) is 0 Å². The summed E-state index contributed by atoms with van der Waals surface area (Å²) in [7, 11) is 0. The molecule has 0 N–H and O–H groups in total. The van der Waals surface area contributed by atoms with E-state index in [1.165, 1.54) is 21.0 Å². The van der Waals surface area contributed by atoms with Crippen LogP contribution in [0.5, 0.6) is 0 Å². The first-order valence-electron chi connectivity index (χ1n) is 10.1. The van der Waals surface area contributed by atoms with Gasteiger partial charge in [-0.25, -0.2) is 4.39 Å². The van der Waals surface area contributed by atoms with E-state index in [9.17, 15) is 4.39 Å². The van der Waals surface area contributed by atoms with Crippen LogP contribution in [0, 0.1) is 5.82 Å². The Morgan fingerprint density at radius 3 is 2.40 bits per heavy atom. The van der Waals surface area contributed by atoms with Gasteiger partial charge in [-0.15, -0.1) is 11.3 Å². The maximum Gasteiger partial charge on any atom is 0.131 e. The zero-order valence-electron chi connectivity index (χ0n) is 17.2. The number of benzene rings is 3. The highest BCUT2D eigenvalue weighted by atomic mass is 32.1. The number of thiophene rings is 1. The zero-order valence-corrected chi connectivity index (χ0v) is 18.1. The first-order chi connectivity index (χ1) is 14.4. The van der Waals surface area contributed by atoms with Crippen molar-refractivity contribution in [2.45, 2.75) is 26.2 Å². The maximum atomic E-state index is 14.6. The van der Waals surface area contributed by atoms with Crippen molar-refractivity contribution < 1.29 is 4.39 Å². The standard InChI is InChI=1S/C27H22FNS/c1-27(2,3)18-13-14-29-23(16-18)17-11-12-24-21(15-17)26-20(8-6-10-25(26)30-24)19-7-4-5-9-22(19)28/h4-16H,1-3H3. The SMILES string of the molecule is CC(C)(C)c1ccnc(-c2ccc3sc4cccc(-c5ccccc5F)c4c3c2)c1. The van der Waals surface area contributed by atoms with Crippen LogP contribution in [0.2, 0.25) is 0 Å². The summed E-state index contributed by atoms with van der Waals surface area (Å²) in [4.78, 5) is 4.63. The monoisotopic (exact) mass is 411 g/mol. The van der Waals surface area contributed by atoms with Gasteiger partial charge in [-0.3, -0.25) is 4.98 Å². The predicted octanol–water partition coefficient (Wildman–Crippen LogP) is 8.22. The normalized spacial score (nSPS) is 12.0. The predicted molar refractivity (Wildman–Crippen MR) is 127 cm³/mol. The van der Waals surface area contributed by atoms with Gasteiger partial charge in [0.2, 0.25) is 0 Å². The van der Waals surface area contributed by atoms with E-state index < -0.39 is 0 Å². The summed E-state index contributed by atoms with van der Waals surface area (Å²) >= 11 is 1.74. The number of hydrogen-bond acceptors (Lipinski definition) is 2. The highest BCUT2D eigenvalue weighted by molar-refractivity contribution is 7.25. The Hall–Kier alpha value is -3.04. The van der Waals surface area contributed by atoms with Crippen molar-refractivity contribution >= 4 is 31.5 Å². The lowest BCUT2D eigenvalue weighted by Gasteiger charge is -2.19. The minimum atomic E-state index is -0.194. The van der Waals surface area contributed by atoms with Crippen LogP contribution in [0.3, 0.4) is 0 Å². The van der Waals surface area contributed by atoms with E-state index in [-0.39, 0.29) is 11.2 Å². The molecule has 3 heteroatoms. The summed E-state index contributed by atoms with van der Waals surface area (Å²) in [6.07, 6.45) is 1.89.